The lowest BCUT2D eigenvalue weighted by atomic mass is 10.2. The predicted octanol–water partition coefficient (Wildman–Crippen LogP) is 0.413. The highest BCUT2D eigenvalue weighted by Crippen LogP contribution is 2.19. The summed E-state index contributed by atoms with van der Waals surface area (Å²) in [5, 5.41) is 14.6. The van der Waals surface area contributed by atoms with Crippen LogP contribution in [0, 0.1) is 0 Å². The van der Waals surface area contributed by atoms with Crippen molar-refractivity contribution in [2.75, 3.05) is 0 Å². The van der Waals surface area contributed by atoms with E-state index < -0.39 is 0 Å². The van der Waals surface area contributed by atoms with Crippen LogP contribution < -0.4 is 11.3 Å². The molecule has 0 radical (unpaired) electrons. The second-order valence-corrected chi connectivity index (χ2v) is 2.85. The van der Waals surface area contributed by atoms with Gasteiger partial charge in [-0.2, -0.15) is 5.10 Å². The summed E-state index contributed by atoms with van der Waals surface area (Å²) < 4.78 is 0. The van der Waals surface area contributed by atoms with E-state index in [1.165, 1.54) is 11.3 Å². The fraction of sp³-hybridized carbons (Fsp3) is 0. The van der Waals surface area contributed by atoms with Crippen molar-refractivity contribution < 1.29 is 5.11 Å². The Hall–Kier alpha value is -2.01. The minimum absolute atomic E-state index is 0.210. The van der Waals surface area contributed by atoms with Gasteiger partial charge in [0.15, 0.2) is 0 Å². The van der Waals surface area contributed by atoms with Crippen molar-refractivity contribution in [3.63, 3.8) is 0 Å². The smallest absolute Gasteiger partial charge is 0.143 e. The Bertz CT molecular complexity index is 400. The fourth-order valence-electron chi connectivity index (χ4n) is 1.14. The normalized spacial score (nSPS) is 17.5. The molecule has 72 valence electrons. The minimum Gasteiger partial charge on any atom is -0.507 e. The maximum Gasteiger partial charge on any atom is 0.143 e. The number of phenolic OH excluding ortho intramolecular Hbond substituents is 1. The standard InChI is InChI=1S/C9H10N4O/c10-13-6-11-12-9(13)5-7-3-1-2-4-8(7)14/h1-6,12,14H,10H2/b9-5-. The van der Waals surface area contributed by atoms with Gasteiger partial charge >= 0.3 is 0 Å². The summed E-state index contributed by atoms with van der Waals surface area (Å²) in [4.78, 5) is 0. The van der Waals surface area contributed by atoms with Crippen LogP contribution in [-0.4, -0.2) is 16.5 Å². The summed E-state index contributed by atoms with van der Waals surface area (Å²) in [6.45, 7) is 0. The van der Waals surface area contributed by atoms with Crippen LogP contribution in [0.1, 0.15) is 5.56 Å². The number of hydrogen-bond acceptors (Lipinski definition) is 5. The largest absolute Gasteiger partial charge is 0.507 e. The number of para-hydroxylation sites is 1. The van der Waals surface area contributed by atoms with E-state index in [1.807, 2.05) is 6.07 Å². The van der Waals surface area contributed by atoms with Gasteiger partial charge in [-0.3, -0.25) is 5.43 Å². The molecule has 1 aromatic carbocycles. The molecule has 0 aliphatic carbocycles. The number of hydrazone groups is 1. The molecule has 1 aromatic rings. The first kappa shape index (κ1) is 8.58. The van der Waals surface area contributed by atoms with Crippen LogP contribution in [0.4, 0.5) is 0 Å². The molecule has 14 heavy (non-hydrogen) atoms. The summed E-state index contributed by atoms with van der Waals surface area (Å²) in [6, 6.07) is 7.00. The number of nitrogens with one attached hydrogen (secondary N) is 1. The van der Waals surface area contributed by atoms with Gasteiger partial charge in [-0.25, -0.2) is 10.9 Å². The monoisotopic (exact) mass is 190 g/mol. The van der Waals surface area contributed by atoms with Crippen molar-refractivity contribution in [1.29, 1.82) is 0 Å². The van der Waals surface area contributed by atoms with Gasteiger partial charge in [-0.1, -0.05) is 18.2 Å². The number of nitrogens with zero attached hydrogens (tertiary/aromatic N) is 2. The molecule has 1 aliphatic rings. The van der Waals surface area contributed by atoms with E-state index in [2.05, 4.69) is 10.5 Å². The average molecular weight is 190 g/mol. The van der Waals surface area contributed by atoms with Crippen molar-refractivity contribution in [1.82, 2.24) is 10.4 Å². The van der Waals surface area contributed by atoms with Crippen LogP contribution in [-0.2, 0) is 0 Å². The topological polar surface area (TPSA) is 73.9 Å². The summed E-state index contributed by atoms with van der Waals surface area (Å²) in [7, 11) is 0. The van der Waals surface area contributed by atoms with Crippen LogP contribution in [0.5, 0.6) is 5.75 Å². The van der Waals surface area contributed by atoms with Crippen molar-refractivity contribution >= 4 is 12.4 Å². The van der Waals surface area contributed by atoms with E-state index >= 15 is 0 Å². The van der Waals surface area contributed by atoms with Crippen molar-refractivity contribution in [2.24, 2.45) is 10.9 Å². The van der Waals surface area contributed by atoms with E-state index in [-0.39, 0.29) is 5.75 Å². The number of benzene rings is 1. The van der Waals surface area contributed by atoms with Crippen LogP contribution in [0.3, 0.4) is 0 Å². The number of aromatic hydroxyl groups is 1. The molecule has 1 heterocycles. The van der Waals surface area contributed by atoms with Gasteiger partial charge in [0.2, 0.25) is 0 Å². The van der Waals surface area contributed by atoms with Gasteiger partial charge in [0, 0.05) is 5.56 Å². The van der Waals surface area contributed by atoms with E-state index in [4.69, 9.17) is 5.84 Å². The lowest BCUT2D eigenvalue weighted by Crippen LogP contribution is -2.27. The molecular formula is C9H10N4O. The van der Waals surface area contributed by atoms with Gasteiger partial charge in [0.1, 0.15) is 17.9 Å². The molecule has 0 atom stereocenters. The van der Waals surface area contributed by atoms with Gasteiger partial charge in [-0.05, 0) is 12.1 Å². The van der Waals surface area contributed by atoms with E-state index in [1.54, 1.807) is 24.3 Å². The Labute approximate surface area is 81.1 Å². The van der Waals surface area contributed by atoms with E-state index in [0.717, 1.165) is 0 Å². The van der Waals surface area contributed by atoms with Gasteiger partial charge in [0.05, 0.1) is 0 Å². The van der Waals surface area contributed by atoms with Crippen molar-refractivity contribution in [3.8, 4) is 5.75 Å². The summed E-state index contributed by atoms with van der Waals surface area (Å²) >= 11 is 0. The van der Waals surface area contributed by atoms with Crippen LogP contribution >= 0.6 is 0 Å². The molecule has 1 aliphatic heterocycles. The molecule has 0 aromatic heterocycles. The molecule has 5 nitrogen and oxygen atoms in total. The molecule has 0 fully saturated rings. The highest BCUT2D eigenvalue weighted by atomic mass is 16.3. The Morgan fingerprint density at radius 3 is 2.86 bits per heavy atom. The lowest BCUT2D eigenvalue weighted by molar-refractivity contribution is 0.473. The number of phenols is 1. The third kappa shape index (κ3) is 1.53. The molecule has 0 amide bonds. The summed E-state index contributed by atoms with van der Waals surface area (Å²) in [5.41, 5.74) is 3.39. The summed E-state index contributed by atoms with van der Waals surface area (Å²) in [5.74, 6) is 6.38. The molecular weight excluding hydrogens is 180 g/mol. The second-order valence-electron chi connectivity index (χ2n) is 2.85. The van der Waals surface area contributed by atoms with Crippen molar-refractivity contribution in [2.45, 2.75) is 0 Å². The predicted molar refractivity (Wildman–Crippen MR) is 53.7 cm³/mol. The third-order valence-corrected chi connectivity index (χ3v) is 1.87. The van der Waals surface area contributed by atoms with E-state index in [0.29, 0.717) is 11.4 Å². The SMILES string of the molecule is NN1C=NN/C1=C/c1ccccc1O. The lowest BCUT2D eigenvalue weighted by Gasteiger charge is -2.08. The number of hydrogen-bond donors (Lipinski definition) is 3. The zero-order chi connectivity index (χ0) is 9.97. The molecule has 5 heteroatoms. The Balaban J connectivity index is 2.30. The molecule has 2 rings (SSSR count). The van der Waals surface area contributed by atoms with Crippen LogP contribution in [0.25, 0.3) is 6.08 Å². The zero-order valence-corrected chi connectivity index (χ0v) is 7.38. The Morgan fingerprint density at radius 1 is 1.43 bits per heavy atom. The summed E-state index contributed by atoms with van der Waals surface area (Å²) in [6.07, 6.45) is 3.16. The Kier molecular flexibility index (Phi) is 2.08. The van der Waals surface area contributed by atoms with Gasteiger partial charge < -0.3 is 5.11 Å². The highest BCUT2D eigenvalue weighted by molar-refractivity contribution is 5.66. The molecule has 4 N–H and O–H groups in total. The maximum absolute atomic E-state index is 9.48. The number of nitrogens with two attached hydrogens (primary N) is 1. The first-order chi connectivity index (χ1) is 6.77. The van der Waals surface area contributed by atoms with Crippen LogP contribution in [0.15, 0.2) is 35.2 Å². The van der Waals surface area contributed by atoms with Crippen molar-refractivity contribution in [3.05, 3.63) is 35.6 Å². The quantitative estimate of drug-likeness (QED) is 0.561. The molecule has 0 saturated heterocycles. The average Bonchev–Trinajstić information content (AvgIpc) is 2.56. The van der Waals surface area contributed by atoms with Gasteiger partial charge in [-0.15, -0.1) is 0 Å². The molecule has 0 saturated carbocycles. The molecule has 0 spiro atoms. The highest BCUT2D eigenvalue weighted by Gasteiger charge is 2.08. The second kappa shape index (κ2) is 3.39. The fourth-order valence-corrected chi connectivity index (χ4v) is 1.14. The number of rotatable bonds is 1. The minimum atomic E-state index is 0.210. The van der Waals surface area contributed by atoms with Crippen LogP contribution in [0.2, 0.25) is 0 Å². The van der Waals surface area contributed by atoms with E-state index in [9.17, 15) is 5.11 Å². The zero-order valence-electron chi connectivity index (χ0n) is 7.38. The number of hydrazine groups is 1. The van der Waals surface area contributed by atoms with Gasteiger partial charge in [0.25, 0.3) is 0 Å². The third-order valence-electron chi connectivity index (χ3n) is 1.87. The first-order valence-corrected chi connectivity index (χ1v) is 4.10. The first-order valence-electron chi connectivity index (χ1n) is 4.10. The Morgan fingerprint density at radius 2 is 2.21 bits per heavy atom. The molecule has 0 bridgehead atoms. The maximum atomic E-state index is 9.48. The molecule has 0 unspecified atom stereocenters.